The summed E-state index contributed by atoms with van der Waals surface area (Å²) in [6.07, 6.45) is 2.80. The van der Waals surface area contributed by atoms with Gasteiger partial charge < -0.3 is 9.84 Å². The highest BCUT2D eigenvalue weighted by Gasteiger charge is 2.32. The molecule has 1 saturated carbocycles. The highest BCUT2D eigenvalue weighted by Crippen LogP contribution is 2.34. The number of aliphatic hydroxyl groups is 1. The molecule has 0 amide bonds. The Morgan fingerprint density at radius 1 is 1.26 bits per heavy atom. The van der Waals surface area contributed by atoms with E-state index < -0.39 is 0 Å². The van der Waals surface area contributed by atoms with Gasteiger partial charge in [0.25, 0.3) is 0 Å². The highest BCUT2D eigenvalue weighted by molar-refractivity contribution is 5.20. The maximum Gasteiger partial charge on any atom is 0.0695 e. The summed E-state index contributed by atoms with van der Waals surface area (Å²) in [7, 11) is 3.80. The quantitative estimate of drug-likeness (QED) is 0.884. The van der Waals surface area contributed by atoms with E-state index >= 15 is 0 Å². The van der Waals surface area contributed by atoms with Crippen LogP contribution in [0.1, 0.15) is 30.7 Å². The number of nitrogens with zero attached hydrogens (tertiary/aromatic N) is 1. The third-order valence-electron chi connectivity index (χ3n) is 4.27. The van der Waals surface area contributed by atoms with Crippen LogP contribution < -0.4 is 0 Å². The van der Waals surface area contributed by atoms with Gasteiger partial charge >= 0.3 is 0 Å². The third-order valence-corrected chi connectivity index (χ3v) is 4.27. The van der Waals surface area contributed by atoms with Crippen LogP contribution in [0.3, 0.4) is 0 Å². The van der Waals surface area contributed by atoms with E-state index in [2.05, 4.69) is 42.3 Å². The summed E-state index contributed by atoms with van der Waals surface area (Å²) in [6, 6.07) is 10.9. The largest absolute Gasteiger partial charge is 0.391 e. The van der Waals surface area contributed by atoms with E-state index in [0.717, 1.165) is 32.4 Å². The second-order valence-corrected chi connectivity index (χ2v) is 5.53. The molecule has 0 aromatic heterocycles. The van der Waals surface area contributed by atoms with Gasteiger partial charge in [0.2, 0.25) is 0 Å². The van der Waals surface area contributed by atoms with Gasteiger partial charge in [-0.05, 0) is 37.8 Å². The van der Waals surface area contributed by atoms with Gasteiger partial charge in [0.15, 0.2) is 0 Å². The van der Waals surface area contributed by atoms with Crippen molar-refractivity contribution in [2.24, 2.45) is 0 Å². The molecule has 3 nitrogen and oxygen atoms in total. The van der Waals surface area contributed by atoms with Crippen molar-refractivity contribution in [1.82, 2.24) is 4.90 Å². The van der Waals surface area contributed by atoms with E-state index in [1.54, 1.807) is 7.11 Å². The summed E-state index contributed by atoms with van der Waals surface area (Å²) in [6.45, 7) is 1.59. The Kier molecular flexibility index (Phi) is 5.37. The molecule has 0 aliphatic heterocycles. The van der Waals surface area contributed by atoms with E-state index in [4.69, 9.17) is 4.74 Å². The van der Waals surface area contributed by atoms with Crippen molar-refractivity contribution in [3.63, 3.8) is 0 Å². The van der Waals surface area contributed by atoms with Crippen LogP contribution in [-0.4, -0.2) is 49.5 Å². The van der Waals surface area contributed by atoms with Gasteiger partial charge in [0, 0.05) is 19.7 Å². The van der Waals surface area contributed by atoms with E-state index in [1.165, 1.54) is 5.56 Å². The molecule has 0 spiro atoms. The molecule has 19 heavy (non-hydrogen) atoms. The van der Waals surface area contributed by atoms with Crippen LogP contribution in [0, 0.1) is 0 Å². The highest BCUT2D eigenvalue weighted by atomic mass is 16.5. The Morgan fingerprint density at radius 3 is 2.68 bits per heavy atom. The third kappa shape index (κ3) is 3.78. The van der Waals surface area contributed by atoms with Crippen LogP contribution in [0.2, 0.25) is 0 Å². The molecule has 0 saturated heterocycles. The minimum Gasteiger partial charge on any atom is -0.391 e. The van der Waals surface area contributed by atoms with Crippen molar-refractivity contribution < 1.29 is 9.84 Å². The maximum atomic E-state index is 10.2. The first-order valence-electron chi connectivity index (χ1n) is 7.14. The minimum absolute atomic E-state index is 0.207. The predicted molar refractivity (Wildman–Crippen MR) is 77.3 cm³/mol. The topological polar surface area (TPSA) is 32.7 Å². The molecule has 0 bridgehead atoms. The number of hydrogen-bond acceptors (Lipinski definition) is 3. The van der Waals surface area contributed by atoms with Crippen molar-refractivity contribution in [3.05, 3.63) is 35.9 Å². The first-order chi connectivity index (χ1) is 9.22. The summed E-state index contributed by atoms with van der Waals surface area (Å²) in [5.41, 5.74) is 1.40. The standard InChI is InChI=1S/C16H25NO2/c1-17(10-11-19-2)15-12-14(8-9-16(15)18)13-6-4-3-5-7-13/h3-7,14-16,18H,8-12H2,1-2H3. The molecule has 3 atom stereocenters. The normalized spacial score (nSPS) is 27.7. The van der Waals surface area contributed by atoms with Crippen LogP contribution >= 0.6 is 0 Å². The van der Waals surface area contributed by atoms with Crippen molar-refractivity contribution >= 4 is 0 Å². The molecule has 3 heteroatoms. The molecule has 0 heterocycles. The first kappa shape index (κ1) is 14.5. The number of methoxy groups -OCH3 is 1. The summed E-state index contributed by atoms with van der Waals surface area (Å²) in [5.74, 6) is 0.569. The van der Waals surface area contributed by atoms with Crippen molar-refractivity contribution in [1.29, 1.82) is 0 Å². The number of benzene rings is 1. The number of aliphatic hydroxyl groups excluding tert-OH is 1. The van der Waals surface area contributed by atoms with Crippen LogP contribution in [0.15, 0.2) is 30.3 Å². The Labute approximate surface area is 116 Å². The zero-order valence-corrected chi connectivity index (χ0v) is 12.0. The van der Waals surface area contributed by atoms with Gasteiger partial charge in [-0.25, -0.2) is 0 Å². The zero-order chi connectivity index (χ0) is 13.7. The molecule has 1 aliphatic carbocycles. The van der Waals surface area contributed by atoms with E-state index in [0.29, 0.717) is 5.92 Å². The van der Waals surface area contributed by atoms with Crippen LogP contribution in [0.5, 0.6) is 0 Å². The van der Waals surface area contributed by atoms with E-state index in [9.17, 15) is 5.11 Å². The molecule has 1 N–H and O–H groups in total. The molecule has 1 aromatic carbocycles. The van der Waals surface area contributed by atoms with Crippen LogP contribution in [0.25, 0.3) is 0 Å². The van der Waals surface area contributed by atoms with Crippen molar-refractivity contribution in [3.8, 4) is 0 Å². The maximum absolute atomic E-state index is 10.2. The van der Waals surface area contributed by atoms with Crippen LogP contribution in [-0.2, 0) is 4.74 Å². The molecular formula is C16H25NO2. The van der Waals surface area contributed by atoms with Gasteiger partial charge in [0.05, 0.1) is 12.7 Å². The Bertz CT molecular complexity index is 368. The lowest BCUT2D eigenvalue weighted by Crippen LogP contribution is -2.46. The lowest BCUT2D eigenvalue weighted by Gasteiger charge is -2.39. The molecular weight excluding hydrogens is 238 g/mol. The van der Waals surface area contributed by atoms with E-state index in [1.807, 2.05) is 0 Å². The molecule has 106 valence electrons. The monoisotopic (exact) mass is 263 g/mol. The second kappa shape index (κ2) is 7.04. The smallest absolute Gasteiger partial charge is 0.0695 e. The molecule has 1 aliphatic rings. The molecule has 1 aromatic rings. The molecule has 1 fully saturated rings. The van der Waals surface area contributed by atoms with Gasteiger partial charge in [0.1, 0.15) is 0 Å². The molecule has 2 rings (SSSR count). The minimum atomic E-state index is -0.207. The summed E-state index contributed by atoms with van der Waals surface area (Å²) < 4.78 is 5.13. The first-order valence-corrected chi connectivity index (χ1v) is 7.14. The second-order valence-electron chi connectivity index (χ2n) is 5.53. The summed E-state index contributed by atoms with van der Waals surface area (Å²) in [5, 5.41) is 10.2. The van der Waals surface area contributed by atoms with E-state index in [-0.39, 0.29) is 12.1 Å². The Morgan fingerprint density at radius 2 is 2.00 bits per heavy atom. The number of ether oxygens (including phenoxy) is 1. The lowest BCUT2D eigenvalue weighted by atomic mass is 9.79. The van der Waals surface area contributed by atoms with Gasteiger partial charge in [-0.2, -0.15) is 0 Å². The SMILES string of the molecule is COCCN(C)C1CC(c2ccccc2)CCC1O. The van der Waals surface area contributed by atoms with Crippen molar-refractivity contribution in [2.75, 3.05) is 27.3 Å². The fourth-order valence-electron chi connectivity index (χ4n) is 3.03. The predicted octanol–water partition coefficient (Wildman–Crippen LogP) is 2.26. The summed E-state index contributed by atoms with van der Waals surface area (Å²) in [4.78, 5) is 2.24. The number of hydrogen-bond donors (Lipinski definition) is 1. The average Bonchev–Trinajstić information content (AvgIpc) is 2.46. The number of likely N-dealkylation sites (N-methyl/N-ethyl adjacent to an activating group) is 1. The summed E-state index contributed by atoms with van der Waals surface area (Å²) >= 11 is 0. The van der Waals surface area contributed by atoms with Gasteiger partial charge in [-0.3, -0.25) is 4.90 Å². The Balaban J connectivity index is 1.99. The fraction of sp³-hybridized carbons (Fsp3) is 0.625. The molecule has 3 unspecified atom stereocenters. The van der Waals surface area contributed by atoms with Gasteiger partial charge in [-0.1, -0.05) is 30.3 Å². The lowest BCUT2D eigenvalue weighted by molar-refractivity contribution is 0.0159. The fourth-order valence-corrected chi connectivity index (χ4v) is 3.03. The zero-order valence-electron chi connectivity index (χ0n) is 12.0. The average molecular weight is 263 g/mol. The van der Waals surface area contributed by atoms with Gasteiger partial charge in [-0.15, -0.1) is 0 Å². The van der Waals surface area contributed by atoms with Crippen LogP contribution in [0.4, 0.5) is 0 Å². The number of rotatable bonds is 5. The van der Waals surface area contributed by atoms with Crippen molar-refractivity contribution in [2.45, 2.75) is 37.3 Å². The molecule has 0 radical (unpaired) electrons. The Hall–Kier alpha value is -0.900.